The van der Waals surface area contributed by atoms with Crippen LogP contribution in [0, 0.1) is 0 Å². The van der Waals surface area contributed by atoms with Crippen LogP contribution in [0.3, 0.4) is 0 Å². The summed E-state index contributed by atoms with van der Waals surface area (Å²) >= 11 is 0. The van der Waals surface area contributed by atoms with E-state index in [0.717, 1.165) is 29.8 Å². The molecule has 3 amide bonds. The zero-order chi connectivity index (χ0) is 20.0. The van der Waals surface area contributed by atoms with Gasteiger partial charge in [-0.05, 0) is 47.7 Å². The molecule has 29 heavy (non-hydrogen) atoms. The number of carbonyl (C=O) groups excluding carboxylic acids is 3. The van der Waals surface area contributed by atoms with Crippen LogP contribution in [0.5, 0.6) is 0 Å². The highest BCUT2D eigenvalue weighted by Gasteiger charge is 2.39. The Bertz CT molecular complexity index is 1030. The molecule has 3 aliphatic rings. The standard InChI is InChI=1S/C22H22N4O3/c27-20-7-6-19(21(28)25-20)26-12-17-14(2-1-3-16(17)22(26)29)11-24-15-5-4-13-8-9-23-18(13)10-15/h1-5,10,19,23-24H,6-9,11-12H2,(H,25,27,28). The summed E-state index contributed by atoms with van der Waals surface area (Å²) in [5.41, 5.74) is 6.17. The topological polar surface area (TPSA) is 90.5 Å². The van der Waals surface area contributed by atoms with E-state index < -0.39 is 6.04 Å². The Morgan fingerprint density at radius 1 is 1.10 bits per heavy atom. The Hall–Kier alpha value is -3.35. The van der Waals surface area contributed by atoms with E-state index in [2.05, 4.69) is 34.1 Å². The third kappa shape index (κ3) is 3.12. The summed E-state index contributed by atoms with van der Waals surface area (Å²) in [5, 5.41) is 9.18. The number of nitrogens with zero attached hydrogens (tertiary/aromatic N) is 1. The maximum atomic E-state index is 12.9. The average Bonchev–Trinajstić information content (AvgIpc) is 3.31. The van der Waals surface area contributed by atoms with Crippen molar-refractivity contribution in [2.75, 3.05) is 17.2 Å². The Morgan fingerprint density at radius 3 is 2.86 bits per heavy atom. The normalized spacial score (nSPS) is 20.2. The molecule has 7 nitrogen and oxygen atoms in total. The van der Waals surface area contributed by atoms with Gasteiger partial charge in [-0.3, -0.25) is 19.7 Å². The first-order valence-corrected chi connectivity index (χ1v) is 9.96. The molecule has 148 valence electrons. The van der Waals surface area contributed by atoms with E-state index >= 15 is 0 Å². The van der Waals surface area contributed by atoms with E-state index in [4.69, 9.17) is 0 Å². The average molecular weight is 390 g/mol. The van der Waals surface area contributed by atoms with Gasteiger partial charge in [0.2, 0.25) is 11.8 Å². The predicted octanol–water partition coefficient (Wildman–Crippen LogP) is 2.03. The van der Waals surface area contributed by atoms with Crippen molar-refractivity contribution in [2.24, 2.45) is 0 Å². The maximum absolute atomic E-state index is 12.9. The van der Waals surface area contributed by atoms with Gasteiger partial charge >= 0.3 is 0 Å². The molecular weight excluding hydrogens is 368 g/mol. The molecule has 1 fully saturated rings. The molecule has 3 aliphatic heterocycles. The van der Waals surface area contributed by atoms with E-state index in [1.165, 1.54) is 11.3 Å². The Morgan fingerprint density at radius 2 is 2.00 bits per heavy atom. The fraction of sp³-hybridized carbons (Fsp3) is 0.318. The van der Waals surface area contributed by atoms with Gasteiger partial charge in [-0.1, -0.05) is 18.2 Å². The molecule has 7 heteroatoms. The number of carbonyl (C=O) groups is 3. The Labute approximate surface area is 168 Å². The van der Waals surface area contributed by atoms with Crippen molar-refractivity contribution >= 4 is 29.1 Å². The maximum Gasteiger partial charge on any atom is 0.255 e. The van der Waals surface area contributed by atoms with Gasteiger partial charge in [0.1, 0.15) is 6.04 Å². The van der Waals surface area contributed by atoms with Gasteiger partial charge in [-0.25, -0.2) is 0 Å². The molecule has 3 heterocycles. The van der Waals surface area contributed by atoms with Crippen LogP contribution in [0.1, 0.15) is 39.9 Å². The molecule has 0 aromatic heterocycles. The monoisotopic (exact) mass is 390 g/mol. The van der Waals surface area contributed by atoms with E-state index in [1.54, 1.807) is 4.90 Å². The lowest BCUT2D eigenvalue weighted by Crippen LogP contribution is -2.52. The van der Waals surface area contributed by atoms with Crippen LogP contribution in [0.25, 0.3) is 0 Å². The smallest absolute Gasteiger partial charge is 0.255 e. The molecule has 1 atom stereocenters. The number of hydrogen-bond donors (Lipinski definition) is 3. The van der Waals surface area contributed by atoms with Crippen molar-refractivity contribution in [2.45, 2.75) is 38.4 Å². The number of benzene rings is 2. The third-order valence-electron chi connectivity index (χ3n) is 5.98. The Kier molecular flexibility index (Phi) is 4.23. The predicted molar refractivity (Wildman–Crippen MR) is 108 cm³/mol. The molecule has 0 aliphatic carbocycles. The molecule has 0 spiro atoms. The van der Waals surface area contributed by atoms with Crippen LogP contribution in [-0.4, -0.2) is 35.2 Å². The Balaban J connectivity index is 1.34. The lowest BCUT2D eigenvalue weighted by molar-refractivity contribution is -0.136. The van der Waals surface area contributed by atoms with Gasteiger partial charge in [-0.15, -0.1) is 0 Å². The van der Waals surface area contributed by atoms with Crippen LogP contribution in [0.4, 0.5) is 11.4 Å². The molecule has 2 aromatic carbocycles. The summed E-state index contributed by atoms with van der Waals surface area (Å²) in [5.74, 6) is -0.796. The van der Waals surface area contributed by atoms with E-state index in [0.29, 0.717) is 25.1 Å². The molecule has 1 unspecified atom stereocenters. The minimum Gasteiger partial charge on any atom is -0.384 e. The van der Waals surface area contributed by atoms with Crippen molar-refractivity contribution in [3.05, 3.63) is 58.7 Å². The van der Waals surface area contributed by atoms with Gasteiger partial charge in [0.05, 0.1) is 0 Å². The van der Waals surface area contributed by atoms with Gasteiger partial charge in [0.15, 0.2) is 0 Å². The van der Waals surface area contributed by atoms with Crippen molar-refractivity contribution in [3.8, 4) is 0 Å². The van der Waals surface area contributed by atoms with Crippen LogP contribution in [0.15, 0.2) is 36.4 Å². The summed E-state index contributed by atoms with van der Waals surface area (Å²) in [4.78, 5) is 38.2. The second-order valence-corrected chi connectivity index (χ2v) is 7.75. The molecule has 3 N–H and O–H groups in total. The lowest BCUT2D eigenvalue weighted by Gasteiger charge is -2.29. The summed E-state index contributed by atoms with van der Waals surface area (Å²) in [6, 6.07) is 11.5. The highest BCUT2D eigenvalue weighted by Crippen LogP contribution is 2.31. The minimum absolute atomic E-state index is 0.141. The zero-order valence-corrected chi connectivity index (χ0v) is 16.0. The molecule has 0 radical (unpaired) electrons. The summed E-state index contributed by atoms with van der Waals surface area (Å²) in [7, 11) is 0. The largest absolute Gasteiger partial charge is 0.384 e. The number of imide groups is 1. The quantitative estimate of drug-likeness (QED) is 0.695. The molecule has 5 rings (SSSR count). The summed E-state index contributed by atoms with van der Waals surface area (Å²) in [6.07, 6.45) is 1.69. The first kappa shape index (κ1) is 17.7. The number of rotatable bonds is 4. The summed E-state index contributed by atoms with van der Waals surface area (Å²) in [6.45, 7) is 1.96. The third-order valence-corrected chi connectivity index (χ3v) is 5.98. The van der Waals surface area contributed by atoms with E-state index in [1.807, 2.05) is 18.2 Å². The first-order valence-electron chi connectivity index (χ1n) is 9.96. The molecule has 0 bridgehead atoms. The molecular formula is C22H22N4O3. The van der Waals surface area contributed by atoms with Crippen molar-refractivity contribution in [1.82, 2.24) is 10.2 Å². The fourth-order valence-corrected chi connectivity index (χ4v) is 4.41. The zero-order valence-electron chi connectivity index (χ0n) is 16.0. The van der Waals surface area contributed by atoms with Gasteiger partial charge in [0.25, 0.3) is 5.91 Å². The van der Waals surface area contributed by atoms with Crippen molar-refractivity contribution in [3.63, 3.8) is 0 Å². The van der Waals surface area contributed by atoms with Crippen LogP contribution >= 0.6 is 0 Å². The van der Waals surface area contributed by atoms with Crippen molar-refractivity contribution < 1.29 is 14.4 Å². The van der Waals surface area contributed by atoms with E-state index in [-0.39, 0.29) is 24.1 Å². The highest BCUT2D eigenvalue weighted by molar-refractivity contribution is 6.05. The number of piperidine rings is 1. The number of fused-ring (bicyclic) bond motifs is 2. The molecule has 1 saturated heterocycles. The van der Waals surface area contributed by atoms with Crippen LogP contribution in [-0.2, 0) is 29.1 Å². The van der Waals surface area contributed by atoms with Crippen LogP contribution < -0.4 is 16.0 Å². The van der Waals surface area contributed by atoms with E-state index in [9.17, 15) is 14.4 Å². The highest BCUT2D eigenvalue weighted by atomic mass is 16.2. The number of nitrogens with one attached hydrogen (secondary N) is 3. The number of anilines is 2. The fourth-order valence-electron chi connectivity index (χ4n) is 4.41. The first-order chi connectivity index (χ1) is 14.1. The van der Waals surface area contributed by atoms with Gasteiger partial charge < -0.3 is 15.5 Å². The second-order valence-electron chi connectivity index (χ2n) is 7.75. The van der Waals surface area contributed by atoms with Gasteiger partial charge in [-0.2, -0.15) is 0 Å². The lowest BCUT2D eigenvalue weighted by atomic mass is 10.0. The van der Waals surface area contributed by atoms with Gasteiger partial charge in [0, 0.05) is 43.0 Å². The second kappa shape index (κ2) is 6.92. The van der Waals surface area contributed by atoms with Crippen molar-refractivity contribution in [1.29, 1.82) is 0 Å². The SMILES string of the molecule is O=C1CCC(N2Cc3c(CNc4ccc5c(c4)NCC5)cccc3C2=O)C(=O)N1. The summed E-state index contributed by atoms with van der Waals surface area (Å²) < 4.78 is 0. The number of hydrogen-bond acceptors (Lipinski definition) is 5. The molecule has 2 aromatic rings. The number of amides is 3. The molecule has 0 saturated carbocycles. The minimum atomic E-state index is -0.587. The van der Waals surface area contributed by atoms with Crippen LogP contribution in [0.2, 0.25) is 0 Å².